The lowest BCUT2D eigenvalue weighted by atomic mass is 10.2. The van der Waals surface area contributed by atoms with Crippen molar-refractivity contribution >= 4 is 5.97 Å². The highest BCUT2D eigenvalue weighted by Crippen LogP contribution is 2.02. The third-order valence-electron chi connectivity index (χ3n) is 2.69. The van der Waals surface area contributed by atoms with Crippen LogP contribution in [0.5, 0.6) is 0 Å². The van der Waals surface area contributed by atoms with Crippen LogP contribution >= 0.6 is 0 Å². The number of esters is 1. The summed E-state index contributed by atoms with van der Waals surface area (Å²) in [7, 11) is 4.85. The summed E-state index contributed by atoms with van der Waals surface area (Å²) in [6, 6.07) is -0.000220. The molecule has 2 atom stereocenters. The third kappa shape index (κ3) is 4.92. The molecule has 2 unspecified atom stereocenters. The van der Waals surface area contributed by atoms with Gasteiger partial charge in [-0.1, -0.05) is 6.92 Å². The molecule has 0 aliphatic rings. The normalized spacial score (nSPS) is 14.9. The van der Waals surface area contributed by atoms with Gasteiger partial charge in [0.05, 0.1) is 13.7 Å². The topological polar surface area (TPSA) is 50.8 Å². The number of ether oxygens (including phenoxy) is 2. The van der Waals surface area contributed by atoms with Gasteiger partial charge in [0.15, 0.2) is 0 Å². The average Bonchev–Trinajstić information content (AvgIpc) is 2.30. The van der Waals surface area contributed by atoms with E-state index < -0.39 is 0 Å². The summed E-state index contributed by atoms with van der Waals surface area (Å²) in [5, 5.41) is 2.96. The van der Waals surface area contributed by atoms with E-state index >= 15 is 0 Å². The van der Waals surface area contributed by atoms with Crippen molar-refractivity contribution in [2.45, 2.75) is 25.9 Å². The van der Waals surface area contributed by atoms with Crippen LogP contribution in [0.15, 0.2) is 0 Å². The van der Waals surface area contributed by atoms with Crippen molar-refractivity contribution < 1.29 is 14.3 Å². The Morgan fingerprint density at radius 1 is 1.44 bits per heavy atom. The van der Waals surface area contributed by atoms with Crippen molar-refractivity contribution in [3.63, 3.8) is 0 Å². The minimum atomic E-state index is -0.288. The Balaban J connectivity index is 4.32. The lowest BCUT2D eigenvalue weighted by Gasteiger charge is -2.30. The largest absolute Gasteiger partial charge is 0.468 e. The van der Waals surface area contributed by atoms with E-state index in [1.807, 2.05) is 0 Å². The fourth-order valence-electron chi connectivity index (χ4n) is 1.63. The monoisotopic (exact) mass is 232 g/mol. The van der Waals surface area contributed by atoms with E-state index in [0.29, 0.717) is 13.2 Å². The Morgan fingerprint density at radius 2 is 2.06 bits per heavy atom. The van der Waals surface area contributed by atoms with Crippen LogP contribution in [0.4, 0.5) is 0 Å². The van der Waals surface area contributed by atoms with Crippen molar-refractivity contribution in [3.05, 3.63) is 0 Å². The van der Waals surface area contributed by atoms with E-state index in [0.717, 1.165) is 6.54 Å². The second-order valence-electron chi connectivity index (χ2n) is 3.76. The van der Waals surface area contributed by atoms with Crippen molar-refractivity contribution in [2.75, 3.05) is 41.0 Å². The van der Waals surface area contributed by atoms with Crippen molar-refractivity contribution in [1.82, 2.24) is 10.2 Å². The Labute approximate surface area is 98.1 Å². The number of hydrogen-bond donors (Lipinski definition) is 1. The van der Waals surface area contributed by atoms with Crippen LogP contribution < -0.4 is 5.32 Å². The Morgan fingerprint density at radius 3 is 2.44 bits per heavy atom. The SMILES string of the molecule is CCN(CC(NC)C(=O)OC)C(C)COC. The molecule has 0 aromatic carbocycles. The number of carbonyl (C=O) groups is 1. The molecule has 0 heterocycles. The highest BCUT2D eigenvalue weighted by Gasteiger charge is 2.22. The first-order chi connectivity index (χ1) is 7.60. The average molecular weight is 232 g/mol. The lowest BCUT2D eigenvalue weighted by Crippen LogP contribution is -2.48. The standard InChI is InChI=1S/C11H24N2O3/c1-6-13(9(2)8-15-4)7-10(12-3)11(14)16-5/h9-10,12H,6-8H2,1-5H3. The van der Waals surface area contributed by atoms with E-state index in [-0.39, 0.29) is 18.1 Å². The molecule has 1 N–H and O–H groups in total. The predicted octanol–water partition coefficient (Wildman–Crippen LogP) is 0.104. The number of nitrogens with zero attached hydrogens (tertiary/aromatic N) is 1. The van der Waals surface area contributed by atoms with E-state index in [4.69, 9.17) is 9.47 Å². The molecule has 5 nitrogen and oxygen atoms in total. The van der Waals surface area contributed by atoms with Gasteiger partial charge in [-0.25, -0.2) is 0 Å². The van der Waals surface area contributed by atoms with Gasteiger partial charge in [-0.3, -0.25) is 9.69 Å². The molecule has 0 rings (SSSR count). The lowest BCUT2D eigenvalue weighted by molar-refractivity contribution is -0.143. The molecule has 0 amide bonds. The molecule has 0 saturated heterocycles. The highest BCUT2D eigenvalue weighted by atomic mass is 16.5. The van der Waals surface area contributed by atoms with E-state index in [1.165, 1.54) is 7.11 Å². The van der Waals surface area contributed by atoms with Gasteiger partial charge in [-0.05, 0) is 20.5 Å². The summed E-state index contributed by atoms with van der Waals surface area (Å²) >= 11 is 0. The zero-order chi connectivity index (χ0) is 12.6. The summed E-state index contributed by atoms with van der Waals surface area (Å²) < 4.78 is 9.84. The van der Waals surface area contributed by atoms with Gasteiger partial charge >= 0.3 is 5.97 Å². The van der Waals surface area contributed by atoms with Gasteiger partial charge in [-0.15, -0.1) is 0 Å². The quantitative estimate of drug-likeness (QED) is 0.602. The van der Waals surface area contributed by atoms with Crippen LogP contribution in [-0.4, -0.2) is 63.9 Å². The van der Waals surface area contributed by atoms with Crippen LogP contribution in [-0.2, 0) is 14.3 Å². The molecule has 16 heavy (non-hydrogen) atoms. The molecule has 0 bridgehead atoms. The maximum Gasteiger partial charge on any atom is 0.324 e. The number of likely N-dealkylation sites (N-methyl/N-ethyl adjacent to an activating group) is 2. The smallest absolute Gasteiger partial charge is 0.324 e. The summed E-state index contributed by atoms with van der Waals surface area (Å²) in [5.41, 5.74) is 0. The van der Waals surface area contributed by atoms with Gasteiger partial charge < -0.3 is 14.8 Å². The Bertz CT molecular complexity index is 200. The van der Waals surface area contributed by atoms with Crippen LogP contribution in [0.3, 0.4) is 0 Å². The Kier molecular flexibility index (Phi) is 8.15. The summed E-state index contributed by atoms with van der Waals surface area (Å²) in [4.78, 5) is 13.6. The molecule has 0 aromatic rings. The van der Waals surface area contributed by atoms with Gasteiger partial charge in [-0.2, -0.15) is 0 Å². The molecule has 0 saturated carbocycles. The molecule has 5 heteroatoms. The minimum Gasteiger partial charge on any atom is -0.468 e. The fraction of sp³-hybridized carbons (Fsp3) is 0.909. The van der Waals surface area contributed by atoms with Crippen LogP contribution in [0.25, 0.3) is 0 Å². The zero-order valence-electron chi connectivity index (χ0n) is 10.9. The van der Waals surface area contributed by atoms with Crippen molar-refractivity contribution in [1.29, 1.82) is 0 Å². The second kappa shape index (κ2) is 8.50. The van der Waals surface area contributed by atoms with Gasteiger partial charge in [0.25, 0.3) is 0 Å². The first-order valence-electron chi connectivity index (χ1n) is 5.58. The minimum absolute atomic E-state index is 0.231. The maximum atomic E-state index is 11.4. The third-order valence-corrected chi connectivity index (χ3v) is 2.69. The van der Waals surface area contributed by atoms with Gasteiger partial charge in [0.1, 0.15) is 6.04 Å². The molecule has 96 valence electrons. The molecule has 0 aliphatic carbocycles. The number of methoxy groups -OCH3 is 2. The Hall–Kier alpha value is -0.650. The fourth-order valence-corrected chi connectivity index (χ4v) is 1.63. The summed E-state index contributed by atoms with van der Waals surface area (Å²) in [6.07, 6.45) is 0. The van der Waals surface area contributed by atoms with Crippen LogP contribution in [0.1, 0.15) is 13.8 Å². The molecule has 0 radical (unpaired) electrons. The first-order valence-corrected chi connectivity index (χ1v) is 5.58. The van der Waals surface area contributed by atoms with E-state index in [9.17, 15) is 4.79 Å². The van der Waals surface area contributed by atoms with Gasteiger partial charge in [0, 0.05) is 19.7 Å². The van der Waals surface area contributed by atoms with Crippen molar-refractivity contribution in [2.24, 2.45) is 0 Å². The molecular formula is C11H24N2O3. The molecule has 0 aliphatic heterocycles. The molecular weight excluding hydrogens is 208 g/mol. The first kappa shape index (κ1) is 15.3. The van der Waals surface area contributed by atoms with Crippen LogP contribution in [0.2, 0.25) is 0 Å². The molecule has 0 aromatic heterocycles. The van der Waals surface area contributed by atoms with Crippen LogP contribution in [0, 0.1) is 0 Å². The van der Waals surface area contributed by atoms with Crippen molar-refractivity contribution in [3.8, 4) is 0 Å². The highest BCUT2D eigenvalue weighted by molar-refractivity contribution is 5.75. The number of rotatable bonds is 8. The van der Waals surface area contributed by atoms with E-state index in [1.54, 1.807) is 14.2 Å². The number of nitrogens with one attached hydrogen (secondary N) is 1. The number of hydrogen-bond acceptors (Lipinski definition) is 5. The second-order valence-corrected chi connectivity index (χ2v) is 3.76. The van der Waals surface area contributed by atoms with E-state index in [2.05, 4.69) is 24.1 Å². The number of carbonyl (C=O) groups excluding carboxylic acids is 1. The predicted molar refractivity (Wildman–Crippen MR) is 63.4 cm³/mol. The zero-order valence-corrected chi connectivity index (χ0v) is 10.9. The molecule has 0 fully saturated rings. The maximum absolute atomic E-state index is 11.4. The molecule has 0 spiro atoms. The van der Waals surface area contributed by atoms with Gasteiger partial charge in [0.2, 0.25) is 0 Å². The summed E-state index contributed by atoms with van der Waals surface area (Å²) in [6.45, 7) is 6.31. The summed E-state index contributed by atoms with van der Waals surface area (Å²) in [5.74, 6) is -0.231.